The first-order chi connectivity index (χ1) is 28.7. The van der Waals surface area contributed by atoms with Crippen molar-refractivity contribution in [3.05, 3.63) is 88.5 Å². The summed E-state index contributed by atoms with van der Waals surface area (Å²) in [5.74, 6) is -8.79. The van der Waals surface area contributed by atoms with E-state index in [2.05, 4.69) is 10.6 Å². The molecular formula is C46H57FN2O12. The van der Waals surface area contributed by atoms with Crippen LogP contribution >= 0.6 is 0 Å². The molecule has 330 valence electrons. The van der Waals surface area contributed by atoms with Crippen LogP contribution in [0.15, 0.2) is 60.4 Å². The third-order valence-electron chi connectivity index (χ3n) is 11.9. The summed E-state index contributed by atoms with van der Waals surface area (Å²) in [4.78, 5) is 40.5. The Hall–Kier alpha value is -5.48. The number of nitrogens with one attached hydrogen (secondary N) is 2. The normalized spacial score (nSPS) is 28.8. The Kier molecular flexibility index (Phi) is 14.6. The van der Waals surface area contributed by atoms with Crippen LogP contribution in [0.2, 0.25) is 0 Å². The number of benzene rings is 3. The van der Waals surface area contributed by atoms with Crippen molar-refractivity contribution in [2.45, 2.75) is 98.6 Å². The van der Waals surface area contributed by atoms with Gasteiger partial charge in [-0.2, -0.15) is 0 Å². The molecule has 15 heteroatoms. The third kappa shape index (κ3) is 9.55. The molecular weight excluding hydrogens is 792 g/mol. The second-order valence-corrected chi connectivity index (χ2v) is 16.2. The standard InChI is InChI=1S/C46H57FN2O12/c1-22-11-10-12-23(2)45(57)49-36-31(21-48-19-17-29-13-15-30(47)16-14-29)40(54)33-34(41(36)55)39(53)27(6)43-35(33)44(56)46(8,61-43)59-20-18-32(58-9)24(3)42(60-28(7)50)26(5)38(52)25(4)37(22)51/h10-16,18,20,22,24-26,32,37-38,42,48,51-55H,17,19,21H2,1-9H3,(H,49,57)/b11-10-,20-18?,23-12-/t22-,24+,25+,26+,32-,37-,38+,42+,46-/m0/s1. The highest BCUT2D eigenvalue weighted by Gasteiger charge is 2.50. The SMILES string of the molecule is CO[C@H]1C=CO[C@@]2(C)Oc3c(C)c(O)c4c(O)c(c(CNCCc5ccc(F)cc5)c(O)c4c3C2=O)NC(=O)/C(C)=C\C=C/[C@H](C)[C@H](O)[C@@H](C)[C@@H](O)[C@@H](C)[C@H](OC(C)=O)[C@@H]1C. The van der Waals surface area contributed by atoms with E-state index in [4.69, 9.17) is 18.9 Å². The molecule has 14 nitrogen and oxygen atoms in total. The van der Waals surface area contributed by atoms with E-state index in [1.165, 1.54) is 65.4 Å². The third-order valence-corrected chi connectivity index (χ3v) is 11.9. The molecule has 0 saturated heterocycles. The van der Waals surface area contributed by atoms with Gasteiger partial charge in [0.1, 0.15) is 29.2 Å². The fourth-order valence-corrected chi connectivity index (χ4v) is 8.06. The van der Waals surface area contributed by atoms with Crippen molar-refractivity contribution in [1.29, 1.82) is 0 Å². The quantitative estimate of drug-likeness (QED) is 0.0609. The second kappa shape index (κ2) is 19.1. The molecule has 3 aromatic carbocycles. The van der Waals surface area contributed by atoms with Gasteiger partial charge < -0.3 is 55.1 Å². The molecule has 0 radical (unpaired) electrons. The van der Waals surface area contributed by atoms with Crippen molar-refractivity contribution in [3.8, 4) is 23.0 Å². The number of ketones is 1. The van der Waals surface area contributed by atoms with Crippen molar-refractivity contribution in [1.82, 2.24) is 5.32 Å². The average Bonchev–Trinajstić information content (AvgIpc) is 3.49. The maximum Gasteiger partial charge on any atom is 0.312 e. The van der Waals surface area contributed by atoms with Gasteiger partial charge in [-0.05, 0) is 50.6 Å². The van der Waals surface area contributed by atoms with E-state index in [0.717, 1.165) is 5.56 Å². The van der Waals surface area contributed by atoms with Gasteiger partial charge in [-0.25, -0.2) is 4.39 Å². The molecule has 0 spiro atoms. The number of halogens is 1. The number of Topliss-reactive ketones (excluding diaryl/α,β-unsaturated/α-hetero) is 1. The van der Waals surface area contributed by atoms with Crippen LogP contribution in [-0.4, -0.2) is 87.0 Å². The zero-order valence-electron chi connectivity index (χ0n) is 35.9. The van der Waals surface area contributed by atoms with Crippen LogP contribution in [0.25, 0.3) is 10.8 Å². The van der Waals surface area contributed by atoms with E-state index >= 15 is 0 Å². The molecule has 3 heterocycles. The van der Waals surface area contributed by atoms with Gasteiger partial charge in [0.2, 0.25) is 0 Å². The molecule has 3 aromatic rings. The van der Waals surface area contributed by atoms with Crippen LogP contribution in [0.5, 0.6) is 23.0 Å². The van der Waals surface area contributed by atoms with Gasteiger partial charge >= 0.3 is 11.8 Å². The number of hydrogen-bond donors (Lipinski definition) is 7. The highest BCUT2D eigenvalue weighted by Crippen LogP contribution is 2.55. The minimum atomic E-state index is -2.06. The summed E-state index contributed by atoms with van der Waals surface area (Å²) in [6.45, 7) is 12.6. The number of phenolic OH excluding ortho intramolecular Hbond substituents is 3. The molecule has 3 aliphatic heterocycles. The summed E-state index contributed by atoms with van der Waals surface area (Å²) in [5, 5.41) is 63.7. The number of allylic oxidation sites excluding steroid dienone is 2. The highest BCUT2D eigenvalue weighted by molar-refractivity contribution is 6.22. The van der Waals surface area contributed by atoms with Gasteiger partial charge in [0.05, 0.1) is 41.2 Å². The average molecular weight is 849 g/mol. The molecule has 1 amide bonds. The highest BCUT2D eigenvalue weighted by atomic mass is 19.1. The minimum absolute atomic E-state index is 0.0132. The molecule has 7 N–H and O–H groups in total. The zero-order chi connectivity index (χ0) is 45.1. The first-order valence-electron chi connectivity index (χ1n) is 20.3. The van der Waals surface area contributed by atoms with Gasteiger partial charge in [-0.1, -0.05) is 58.1 Å². The van der Waals surface area contributed by atoms with E-state index in [-0.39, 0.29) is 56.8 Å². The number of fused-ring (bicyclic) bond motifs is 14. The Labute approximate surface area is 354 Å². The van der Waals surface area contributed by atoms with Crippen LogP contribution < -0.4 is 15.4 Å². The summed E-state index contributed by atoms with van der Waals surface area (Å²) in [5.41, 5.74) is 0.599. The predicted octanol–water partition coefficient (Wildman–Crippen LogP) is 6.23. The molecule has 0 aliphatic carbocycles. The van der Waals surface area contributed by atoms with E-state index < -0.39 is 88.8 Å². The maximum absolute atomic E-state index is 14.4. The number of methoxy groups -OCH3 is 1. The smallest absolute Gasteiger partial charge is 0.312 e. The molecule has 9 atom stereocenters. The van der Waals surface area contributed by atoms with Crippen LogP contribution in [0, 0.1) is 36.4 Å². The number of esters is 1. The van der Waals surface area contributed by atoms with E-state index in [1.807, 2.05) is 0 Å². The number of ether oxygens (including phenoxy) is 4. The number of rotatable bonds is 7. The van der Waals surface area contributed by atoms with Gasteiger partial charge in [-0.3, -0.25) is 14.4 Å². The lowest BCUT2D eigenvalue weighted by Gasteiger charge is -2.38. The minimum Gasteiger partial charge on any atom is -0.507 e. The summed E-state index contributed by atoms with van der Waals surface area (Å²) in [6.07, 6.45) is 3.92. The fourth-order valence-electron chi connectivity index (χ4n) is 8.06. The molecule has 6 rings (SSSR count). The molecule has 0 fully saturated rings. The summed E-state index contributed by atoms with van der Waals surface area (Å²) in [7, 11) is 1.43. The Morgan fingerprint density at radius 3 is 2.25 bits per heavy atom. The maximum atomic E-state index is 14.4. The molecule has 61 heavy (non-hydrogen) atoms. The molecule has 0 aromatic heterocycles. The van der Waals surface area contributed by atoms with Crippen molar-refractivity contribution in [2.24, 2.45) is 23.7 Å². The molecule has 0 unspecified atom stereocenters. The predicted molar refractivity (Wildman–Crippen MR) is 226 cm³/mol. The van der Waals surface area contributed by atoms with Gasteiger partial charge in [0.15, 0.2) is 5.75 Å². The lowest BCUT2D eigenvalue weighted by molar-refractivity contribution is -0.160. The lowest BCUT2D eigenvalue weighted by atomic mass is 9.78. The number of hydrogen-bond acceptors (Lipinski definition) is 13. The first kappa shape index (κ1) is 46.6. The van der Waals surface area contributed by atoms with Gasteiger partial charge in [-0.15, -0.1) is 0 Å². The Morgan fingerprint density at radius 1 is 0.934 bits per heavy atom. The zero-order valence-corrected chi connectivity index (χ0v) is 35.9. The number of aromatic hydroxyl groups is 3. The number of aliphatic hydroxyl groups excluding tert-OH is 2. The van der Waals surface area contributed by atoms with Crippen molar-refractivity contribution < 1.29 is 63.3 Å². The van der Waals surface area contributed by atoms with Crippen molar-refractivity contribution >= 4 is 34.1 Å². The summed E-state index contributed by atoms with van der Waals surface area (Å²) < 4.78 is 37.1. The van der Waals surface area contributed by atoms with E-state index in [9.17, 15) is 44.3 Å². The van der Waals surface area contributed by atoms with Crippen molar-refractivity contribution in [3.63, 3.8) is 0 Å². The number of carbonyl (C=O) groups excluding carboxylic acids is 3. The second-order valence-electron chi connectivity index (χ2n) is 16.2. The van der Waals surface area contributed by atoms with Crippen LogP contribution in [0.3, 0.4) is 0 Å². The molecule has 0 saturated carbocycles. The summed E-state index contributed by atoms with van der Waals surface area (Å²) >= 11 is 0. The van der Waals surface area contributed by atoms with Gasteiger partial charge in [0.25, 0.3) is 11.7 Å². The number of aliphatic hydroxyl groups is 2. The fraction of sp³-hybridized carbons (Fsp3) is 0.457. The Balaban J connectivity index is 1.65. The van der Waals surface area contributed by atoms with Crippen LogP contribution in [0.1, 0.15) is 75.5 Å². The number of amides is 1. The monoisotopic (exact) mass is 848 g/mol. The van der Waals surface area contributed by atoms with Gasteiger partial charge in [0, 0.05) is 73.3 Å². The lowest BCUT2D eigenvalue weighted by Crippen LogP contribution is -2.46. The van der Waals surface area contributed by atoms with Crippen LogP contribution in [0.4, 0.5) is 10.1 Å². The number of carbonyl (C=O) groups is 3. The number of anilines is 1. The van der Waals surface area contributed by atoms with E-state index in [1.54, 1.807) is 52.0 Å². The summed E-state index contributed by atoms with van der Waals surface area (Å²) in [6, 6.07) is 5.95. The molecule has 3 aliphatic rings. The van der Waals surface area contributed by atoms with Crippen LogP contribution in [-0.2, 0) is 36.8 Å². The largest absolute Gasteiger partial charge is 0.507 e. The first-order valence-corrected chi connectivity index (χ1v) is 20.3. The topological polar surface area (TPSA) is 213 Å². The van der Waals surface area contributed by atoms with E-state index in [0.29, 0.717) is 13.0 Å². The van der Waals surface area contributed by atoms with Crippen molar-refractivity contribution in [2.75, 3.05) is 19.0 Å². The Morgan fingerprint density at radius 2 is 1.61 bits per heavy atom. The Bertz CT molecular complexity index is 2240. The molecule has 5 bridgehead atoms. The number of phenols is 3.